The van der Waals surface area contributed by atoms with Gasteiger partial charge in [-0.1, -0.05) is 23.2 Å². The summed E-state index contributed by atoms with van der Waals surface area (Å²) < 4.78 is 5.21. The van der Waals surface area contributed by atoms with E-state index < -0.39 is 0 Å². The van der Waals surface area contributed by atoms with Gasteiger partial charge in [0.25, 0.3) is 5.91 Å². The van der Waals surface area contributed by atoms with Gasteiger partial charge < -0.3 is 15.4 Å². The lowest BCUT2D eigenvalue weighted by Gasteiger charge is -2.56. The molecule has 158 valence electrons. The number of methoxy groups -OCH3 is 1. The smallest absolute Gasteiger partial charge is 0.256 e. The summed E-state index contributed by atoms with van der Waals surface area (Å²) in [6.45, 7) is 0.703. The fraction of sp³-hybridized carbons (Fsp3) is 0.636. The molecular formula is C22H28Cl2N2O3. The first-order valence-electron chi connectivity index (χ1n) is 10.5. The molecule has 0 heterocycles. The van der Waals surface area contributed by atoms with E-state index in [0.29, 0.717) is 24.5 Å². The lowest BCUT2D eigenvalue weighted by molar-refractivity contribution is -0.129. The number of ether oxygens (including phenoxy) is 1. The Labute approximate surface area is 181 Å². The maximum atomic E-state index is 12.6. The summed E-state index contributed by atoms with van der Waals surface area (Å²) in [7, 11) is 1.44. The minimum Gasteiger partial charge on any atom is -0.494 e. The Kier molecular flexibility index (Phi) is 5.99. The van der Waals surface area contributed by atoms with E-state index in [9.17, 15) is 9.59 Å². The number of nitrogens with one attached hydrogen (secondary N) is 2. The van der Waals surface area contributed by atoms with E-state index in [1.165, 1.54) is 45.6 Å². The Bertz CT molecular complexity index is 776. The molecule has 0 radical (unpaired) electrons. The van der Waals surface area contributed by atoms with Gasteiger partial charge >= 0.3 is 0 Å². The third-order valence-electron chi connectivity index (χ3n) is 6.92. The van der Waals surface area contributed by atoms with Gasteiger partial charge in [0.2, 0.25) is 5.91 Å². The molecule has 5 nitrogen and oxygen atoms in total. The van der Waals surface area contributed by atoms with Crippen LogP contribution in [-0.4, -0.2) is 32.0 Å². The number of amides is 2. The van der Waals surface area contributed by atoms with Gasteiger partial charge in [0.1, 0.15) is 5.56 Å². The zero-order chi connectivity index (χ0) is 20.6. The maximum Gasteiger partial charge on any atom is 0.256 e. The average molecular weight is 439 g/mol. The Morgan fingerprint density at radius 3 is 2.14 bits per heavy atom. The Morgan fingerprint density at radius 2 is 1.55 bits per heavy atom. The summed E-state index contributed by atoms with van der Waals surface area (Å²) >= 11 is 12.2. The van der Waals surface area contributed by atoms with Crippen LogP contribution in [-0.2, 0) is 4.79 Å². The van der Waals surface area contributed by atoms with Gasteiger partial charge in [-0.15, -0.1) is 0 Å². The van der Waals surface area contributed by atoms with Gasteiger partial charge in [-0.25, -0.2) is 0 Å². The molecule has 1 aromatic carbocycles. The van der Waals surface area contributed by atoms with Crippen LogP contribution >= 0.6 is 23.2 Å². The SMILES string of the molecule is COc1c(Cl)ccc(Cl)c1C(=O)NCCNC(=O)CC12CC3CC(CC(C3)C1)C2. The minimum atomic E-state index is -0.371. The molecule has 4 aliphatic carbocycles. The Morgan fingerprint density at radius 1 is 1.00 bits per heavy atom. The number of hydrogen-bond donors (Lipinski definition) is 2. The summed E-state index contributed by atoms with van der Waals surface area (Å²) in [5.74, 6) is 2.49. The molecular weight excluding hydrogens is 411 g/mol. The largest absolute Gasteiger partial charge is 0.494 e. The molecule has 0 spiro atoms. The second-order valence-corrected chi connectivity index (χ2v) is 9.95. The van der Waals surface area contributed by atoms with Crippen molar-refractivity contribution >= 4 is 35.0 Å². The second-order valence-electron chi connectivity index (χ2n) is 9.14. The Hall–Kier alpha value is -1.46. The number of rotatable bonds is 7. The third kappa shape index (κ3) is 4.36. The van der Waals surface area contributed by atoms with Crippen molar-refractivity contribution in [2.24, 2.45) is 23.2 Å². The number of carbonyl (C=O) groups excluding carboxylic acids is 2. The molecule has 5 rings (SSSR count). The fourth-order valence-electron chi connectivity index (χ4n) is 6.32. The predicted octanol–water partition coefficient (Wildman–Crippen LogP) is 4.45. The van der Waals surface area contributed by atoms with E-state index in [4.69, 9.17) is 27.9 Å². The van der Waals surface area contributed by atoms with E-state index >= 15 is 0 Å². The van der Waals surface area contributed by atoms with Crippen LogP contribution in [0.4, 0.5) is 0 Å². The monoisotopic (exact) mass is 438 g/mol. The molecule has 4 saturated carbocycles. The molecule has 7 heteroatoms. The molecule has 0 atom stereocenters. The summed E-state index contributed by atoms with van der Waals surface area (Å²) in [5.41, 5.74) is 0.436. The number of carbonyl (C=O) groups is 2. The highest BCUT2D eigenvalue weighted by Gasteiger charge is 2.51. The van der Waals surface area contributed by atoms with E-state index in [2.05, 4.69) is 10.6 Å². The van der Waals surface area contributed by atoms with Gasteiger partial charge in [-0.3, -0.25) is 9.59 Å². The molecule has 4 fully saturated rings. The van der Waals surface area contributed by atoms with Crippen LogP contribution in [0.1, 0.15) is 55.3 Å². The van der Waals surface area contributed by atoms with Crippen LogP contribution < -0.4 is 15.4 Å². The molecule has 0 aliphatic heterocycles. The lowest BCUT2D eigenvalue weighted by Crippen LogP contribution is -2.48. The predicted molar refractivity (Wildman–Crippen MR) is 114 cm³/mol. The molecule has 0 unspecified atom stereocenters. The summed E-state index contributed by atoms with van der Waals surface area (Å²) in [6, 6.07) is 3.15. The van der Waals surface area contributed by atoms with Crippen molar-refractivity contribution in [1.82, 2.24) is 10.6 Å². The van der Waals surface area contributed by atoms with Crippen molar-refractivity contribution in [2.45, 2.75) is 44.9 Å². The topological polar surface area (TPSA) is 67.4 Å². The van der Waals surface area contributed by atoms with Crippen molar-refractivity contribution < 1.29 is 14.3 Å². The average Bonchev–Trinajstić information content (AvgIpc) is 2.65. The van der Waals surface area contributed by atoms with Crippen LogP contribution in [0.3, 0.4) is 0 Å². The zero-order valence-electron chi connectivity index (χ0n) is 16.7. The van der Waals surface area contributed by atoms with Crippen molar-refractivity contribution in [3.63, 3.8) is 0 Å². The number of hydrogen-bond acceptors (Lipinski definition) is 3. The van der Waals surface area contributed by atoms with Crippen LogP contribution in [0, 0.1) is 23.2 Å². The van der Waals surface area contributed by atoms with Gasteiger partial charge in [0.15, 0.2) is 5.75 Å². The second kappa shape index (κ2) is 8.35. The quantitative estimate of drug-likeness (QED) is 0.617. The van der Waals surface area contributed by atoms with Crippen molar-refractivity contribution in [2.75, 3.05) is 20.2 Å². The summed E-state index contributed by atoms with van der Waals surface area (Å²) in [5, 5.41) is 6.35. The first kappa shape index (κ1) is 20.8. The standard InChI is InChI=1S/C22H28Cl2N2O3/c1-29-20-17(24)3-2-16(23)19(20)21(28)26-5-4-25-18(27)12-22-9-13-6-14(10-22)8-15(7-13)11-22/h2-3,13-15H,4-12H2,1H3,(H,25,27)(H,26,28). The van der Waals surface area contributed by atoms with Gasteiger partial charge in [-0.2, -0.15) is 0 Å². The fourth-order valence-corrected chi connectivity index (χ4v) is 6.79. The lowest BCUT2D eigenvalue weighted by atomic mass is 9.49. The Balaban J connectivity index is 1.26. The van der Waals surface area contributed by atoms with E-state index in [1.54, 1.807) is 12.1 Å². The van der Waals surface area contributed by atoms with Gasteiger partial charge in [0.05, 0.1) is 17.2 Å². The maximum absolute atomic E-state index is 12.6. The van der Waals surface area contributed by atoms with Crippen LogP contribution in [0.2, 0.25) is 10.0 Å². The molecule has 4 bridgehead atoms. The van der Waals surface area contributed by atoms with Crippen LogP contribution in [0.5, 0.6) is 5.75 Å². The third-order valence-corrected chi connectivity index (χ3v) is 7.54. The molecule has 2 amide bonds. The first-order chi connectivity index (χ1) is 13.9. The van der Waals surface area contributed by atoms with Crippen LogP contribution in [0.25, 0.3) is 0 Å². The van der Waals surface area contributed by atoms with Crippen molar-refractivity contribution in [3.8, 4) is 5.75 Å². The highest BCUT2D eigenvalue weighted by atomic mass is 35.5. The highest BCUT2D eigenvalue weighted by Crippen LogP contribution is 2.61. The number of benzene rings is 1. The van der Waals surface area contributed by atoms with Gasteiger partial charge in [-0.05, 0) is 73.8 Å². The van der Waals surface area contributed by atoms with Crippen LogP contribution in [0.15, 0.2) is 12.1 Å². The molecule has 29 heavy (non-hydrogen) atoms. The van der Waals surface area contributed by atoms with Gasteiger partial charge in [0, 0.05) is 19.5 Å². The molecule has 0 aromatic heterocycles. The molecule has 4 aliphatic rings. The molecule has 1 aromatic rings. The minimum absolute atomic E-state index is 0.0968. The highest BCUT2D eigenvalue weighted by molar-refractivity contribution is 6.37. The zero-order valence-corrected chi connectivity index (χ0v) is 18.2. The normalized spacial score (nSPS) is 29.6. The summed E-state index contributed by atoms with van der Waals surface area (Å²) in [6.07, 6.45) is 8.41. The van der Waals surface area contributed by atoms with Crippen molar-refractivity contribution in [1.29, 1.82) is 0 Å². The summed E-state index contributed by atoms with van der Waals surface area (Å²) in [4.78, 5) is 25.1. The van der Waals surface area contributed by atoms with Crippen molar-refractivity contribution in [3.05, 3.63) is 27.7 Å². The molecule has 0 saturated heterocycles. The van der Waals surface area contributed by atoms with E-state index in [-0.39, 0.29) is 33.6 Å². The van der Waals surface area contributed by atoms with E-state index in [1.807, 2.05) is 0 Å². The molecule has 2 N–H and O–H groups in total. The first-order valence-corrected chi connectivity index (χ1v) is 11.2. The number of halogens is 2. The van der Waals surface area contributed by atoms with E-state index in [0.717, 1.165) is 17.8 Å².